The molecule has 0 fully saturated rings. The zero-order chi connectivity index (χ0) is 14.7. The van der Waals surface area contributed by atoms with Crippen LogP contribution in [0.1, 0.15) is 28.7 Å². The molecule has 0 aliphatic rings. The highest BCUT2D eigenvalue weighted by molar-refractivity contribution is 6.00. The van der Waals surface area contributed by atoms with Gasteiger partial charge in [-0.05, 0) is 51.1 Å². The van der Waals surface area contributed by atoms with E-state index in [1.165, 1.54) is 12.1 Å². The summed E-state index contributed by atoms with van der Waals surface area (Å²) in [6, 6.07) is 8.08. The van der Waals surface area contributed by atoms with Gasteiger partial charge in [-0.3, -0.25) is 4.79 Å². The van der Waals surface area contributed by atoms with E-state index in [0.717, 1.165) is 22.6 Å². The topological polar surface area (TPSA) is 36.1 Å². The van der Waals surface area contributed by atoms with E-state index in [1.54, 1.807) is 12.1 Å². The Kier molecular flexibility index (Phi) is 4.23. The Hall–Kier alpha value is -2.10. The summed E-state index contributed by atoms with van der Waals surface area (Å²) in [6.07, 6.45) is 0. The first kappa shape index (κ1) is 14.3. The number of rotatable bonds is 5. The van der Waals surface area contributed by atoms with E-state index in [-0.39, 0.29) is 11.6 Å². The molecule has 1 aromatic carbocycles. The zero-order valence-corrected chi connectivity index (χ0v) is 12.0. The van der Waals surface area contributed by atoms with Crippen LogP contribution in [-0.4, -0.2) is 23.9 Å². The molecular formula is C16H19FN2O. The van der Waals surface area contributed by atoms with Gasteiger partial charge in [0, 0.05) is 29.2 Å². The van der Waals surface area contributed by atoms with Crippen LogP contribution in [0.25, 0.3) is 0 Å². The quantitative estimate of drug-likeness (QED) is 0.847. The van der Waals surface area contributed by atoms with Crippen LogP contribution in [0.3, 0.4) is 0 Å². The van der Waals surface area contributed by atoms with Crippen molar-refractivity contribution < 1.29 is 9.18 Å². The number of halogens is 1. The first-order valence-electron chi connectivity index (χ1n) is 6.71. The summed E-state index contributed by atoms with van der Waals surface area (Å²) in [5.74, 6) is -0.203. The Labute approximate surface area is 118 Å². The van der Waals surface area contributed by atoms with E-state index < -0.39 is 0 Å². The zero-order valence-electron chi connectivity index (χ0n) is 12.0. The number of nitrogens with one attached hydrogen (secondary N) is 1. The second-order valence-corrected chi connectivity index (χ2v) is 4.90. The Bertz CT molecular complexity index is 601. The fraction of sp³-hybridized carbons (Fsp3) is 0.312. The fourth-order valence-electron chi connectivity index (χ4n) is 2.31. The number of aryl methyl sites for hydroxylation is 2. The molecule has 4 heteroatoms. The number of ketones is 1. The van der Waals surface area contributed by atoms with E-state index in [4.69, 9.17) is 0 Å². The van der Waals surface area contributed by atoms with Gasteiger partial charge in [0.25, 0.3) is 0 Å². The van der Waals surface area contributed by atoms with Gasteiger partial charge in [0.1, 0.15) is 5.82 Å². The van der Waals surface area contributed by atoms with E-state index in [0.29, 0.717) is 13.1 Å². The minimum Gasteiger partial charge on any atom is -0.364 e. The van der Waals surface area contributed by atoms with E-state index in [1.807, 2.05) is 31.7 Å². The molecule has 0 radical (unpaired) electrons. The average Bonchev–Trinajstić information content (AvgIpc) is 2.76. The lowest BCUT2D eigenvalue weighted by Gasteiger charge is -2.22. The highest BCUT2D eigenvalue weighted by atomic mass is 19.1. The number of Topliss-reactive ketones (excluding diaryl/α,β-unsaturated/α-hetero) is 1. The summed E-state index contributed by atoms with van der Waals surface area (Å²) < 4.78 is 12.9. The standard InChI is InChI=1S/C16H19FN2O/c1-4-19(14-7-5-13(17)6-8-14)10-16(20)15-9-11(2)18-12(15)3/h5-9,18H,4,10H2,1-3H3. The number of H-pyrrole nitrogens is 1. The largest absolute Gasteiger partial charge is 0.364 e. The van der Waals surface area contributed by atoms with Gasteiger partial charge in [-0.1, -0.05) is 0 Å². The molecule has 0 aliphatic carbocycles. The molecule has 3 nitrogen and oxygen atoms in total. The number of benzene rings is 1. The molecule has 0 atom stereocenters. The maximum absolute atomic E-state index is 12.9. The maximum Gasteiger partial charge on any atom is 0.183 e. The van der Waals surface area contributed by atoms with Gasteiger partial charge in [-0.2, -0.15) is 0 Å². The normalized spacial score (nSPS) is 10.6. The van der Waals surface area contributed by atoms with Crippen molar-refractivity contribution in [2.45, 2.75) is 20.8 Å². The molecule has 106 valence electrons. The molecule has 0 saturated heterocycles. The van der Waals surface area contributed by atoms with Gasteiger partial charge >= 0.3 is 0 Å². The lowest BCUT2D eigenvalue weighted by atomic mass is 10.1. The average molecular weight is 274 g/mol. The van der Waals surface area contributed by atoms with Gasteiger partial charge < -0.3 is 9.88 Å². The van der Waals surface area contributed by atoms with Crippen molar-refractivity contribution in [2.24, 2.45) is 0 Å². The van der Waals surface area contributed by atoms with E-state index in [2.05, 4.69) is 4.98 Å². The molecule has 1 N–H and O–H groups in total. The molecule has 0 amide bonds. The summed E-state index contributed by atoms with van der Waals surface area (Å²) in [7, 11) is 0. The number of carbonyl (C=O) groups is 1. The second-order valence-electron chi connectivity index (χ2n) is 4.90. The molecule has 1 aromatic heterocycles. The molecule has 1 heterocycles. The third-order valence-corrected chi connectivity index (χ3v) is 3.36. The van der Waals surface area contributed by atoms with E-state index >= 15 is 0 Å². The van der Waals surface area contributed by atoms with Crippen LogP contribution in [0.5, 0.6) is 0 Å². The number of nitrogens with zero attached hydrogens (tertiary/aromatic N) is 1. The predicted octanol–water partition coefficient (Wildman–Crippen LogP) is 3.48. The van der Waals surface area contributed by atoms with Crippen molar-refractivity contribution in [2.75, 3.05) is 18.0 Å². The van der Waals surface area contributed by atoms with Gasteiger partial charge in [0.05, 0.1) is 6.54 Å². The molecule has 0 spiro atoms. The first-order valence-corrected chi connectivity index (χ1v) is 6.71. The summed E-state index contributed by atoms with van der Waals surface area (Å²) in [6.45, 7) is 6.79. The Morgan fingerprint density at radius 1 is 1.25 bits per heavy atom. The molecule has 0 aliphatic heterocycles. The minimum absolute atomic E-state index is 0.0676. The van der Waals surface area contributed by atoms with Crippen molar-refractivity contribution in [1.29, 1.82) is 0 Å². The van der Waals surface area contributed by atoms with Crippen LogP contribution < -0.4 is 4.90 Å². The van der Waals surface area contributed by atoms with Crippen molar-refractivity contribution in [3.05, 3.63) is 53.1 Å². The van der Waals surface area contributed by atoms with Crippen LogP contribution in [0.4, 0.5) is 10.1 Å². The third-order valence-electron chi connectivity index (χ3n) is 3.36. The number of carbonyl (C=O) groups excluding carboxylic acids is 1. The second kappa shape index (κ2) is 5.90. The smallest absolute Gasteiger partial charge is 0.183 e. The molecule has 0 bridgehead atoms. The van der Waals surface area contributed by atoms with E-state index in [9.17, 15) is 9.18 Å². The highest BCUT2D eigenvalue weighted by Crippen LogP contribution is 2.17. The lowest BCUT2D eigenvalue weighted by molar-refractivity contribution is 0.0999. The van der Waals surface area contributed by atoms with Crippen molar-refractivity contribution >= 4 is 11.5 Å². The number of aromatic nitrogens is 1. The van der Waals surface area contributed by atoms with Crippen LogP contribution in [-0.2, 0) is 0 Å². The minimum atomic E-state index is -0.270. The number of hydrogen-bond donors (Lipinski definition) is 1. The molecule has 2 rings (SSSR count). The van der Waals surface area contributed by atoms with Crippen LogP contribution in [0.2, 0.25) is 0 Å². The Balaban J connectivity index is 2.16. The molecule has 0 unspecified atom stereocenters. The molecule has 20 heavy (non-hydrogen) atoms. The summed E-state index contributed by atoms with van der Waals surface area (Å²) in [5, 5.41) is 0. The summed E-state index contributed by atoms with van der Waals surface area (Å²) in [4.78, 5) is 17.4. The number of aromatic amines is 1. The van der Waals surface area contributed by atoms with Crippen LogP contribution >= 0.6 is 0 Å². The maximum atomic E-state index is 12.9. The summed E-state index contributed by atoms with van der Waals surface area (Å²) >= 11 is 0. The molecular weight excluding hydrogens is 255 g/mol. The number of likely N-dealkylation sites (N-methyl/N-ethyl adjacent to an activating group) is 1. The monoisotopic (exact) mass is 274 g/mol. The van der Waals surface area contributed by atoms with Crippen molar-refractivity contribution in [1.82, 2.24) is 4.98 Å². The van der Waals surface area contributed by atoms with Gasteiger partial charge in [-0.25, -0.2) is 4.39 Å². The SMILES string of the molecule is CCN(CC(=O)c1cc(C)[nH]c1C)c1ccc(F)cc1. The highest BCUT2D eigenvalue weighted by Gasteiger charge is 2.15. The first-order chi connectivity index (χ1) is 9.51. The summed E-state index contributed by atoms with van der Waals surface area (Å²) in [5.41, 5.74) is 3.45. The number of hydrogen-bond acceptors (Lipinski definition) is 2. The van der Waals surface area contributed by atoms with Crippen molar-refractivity contribution in [3.8, 4) is 0 Å². The number of anilines is 1. The lowest BCUT2D eigenvalue weighted by Crippen LogP contribution is -2.29. The van der Waals surface area contributed by atoms with Crippen molar-refractivity contribution in [3.63, 3.8) is 0 Å². The van der Waals surface area contributed by atoms with Gasteiger partial charge in [0.15, 0.2) is 5.78 Å². The Morgan fingerprint density at radius 3 is 2.40 bits per heavy atom. The third kappa shape index (κ3) is 3.07. The van der Waals surface area contributed by atoms with Gasteiger partial charge in [-0.15, -0.1) is 0 Å². The predicted molar refractivity (Wildman–Crippen MR) is 78.9 cm³/mol. The Morgan fingerprint density at radius 2 is 1.90 bits per heavy atom. The molecule has 2 aromatic rings. The van der Waals surface area contributed by atoms with Gasteiger partial charge in [0.2, 0.25) is 0 Å². The van der Waals surface area contributed by atoms with Crippen LogP contribution in [0.15, 0.2) is 30.3 Å². The molecule has 0 saturated carbocycles. The fourth-order valence-corrected chi connectivity index (χ4v) is 2.31. The van der Waals surface area contributed by atoms with Crippen LogP contribution in [0, 0.1) is 19.7 Å².